The summed E-state index contributed by atoms with van der Waals surface area (Å²) in [6, 6.07) is 0. The van der Waals surface area contributed by atoms with Crippen LogP contribution in [0.2, 0.25) is 0 Å². The topological polar surface area (TPSA) is 22.4 Å². The van der Waals surface area contributed by atoms with Crippen LogP contribution in [0.25, 0.3) is 0 Å². The summed E-state index contributed by atoms with van der Waals surface area (Å²) in [5.41, 5.74) is 1.19. The Morgan fingerprint density at radius 1 is 1.45 bits per heavy atom. The van der Waals surface area contributed by atoms with Crippen molar-refractivity contribution in [1.82, 2.24) is 0 Å². The second-order valence-corrected chi connectivity index (χ2v) is 3.47. The number of halogens is 1. The molecule has 0 bridgehead atoms. The van der Waals surface area contributed by atoms with Gasteiger partial charge in [0.2, 0.25) is 0 Å². The van der Waals surface area contributed by atoms with Gasteiger partial charge >= 0.3 is 0 Å². The SMILES string of the molecule is Cc1oc2c(c1Br)COCC2. The van der Waals surface area contributed by atoms with Crippen molar-refractivity contribution in [3.05, 3.63) is 21.6 Å². The van der Waals surface area contributed by atoms with E-state index in [1.807, 2.05) is 6.92 Å². The number of aryl methyl sites for hydroxylation is 1. The van der Waals surface area contributed by atoms with Crippen LogP contribution in [-0.2, 0) is 17.8 Å². The van der Waals surface area contributed by atoms with E-state index in [9.17, 15) is 0 Å². The van der Waals surface area contributed by atoms with E-state index in [1.54, 1.807) is 0 Å². The molecule has 60 valence electrons. The lowest BCUT2D eigenvalue weighted by Crippen LogP contribution is -2.07. The molecule has 0 aliphatic carbocycles. The minimum Gasteiger partial charge on any atom is -0.465 e. The van der Waals surface area contributed by atoms with Gasteiger partial charge in [-0.15, -0.1) is 0 Å². The summed E-state index contributed by atoms with van der Waals surface area (Å²) in [6.07, 6.45) is 0.905. The molecule has 2 nitrogen and oxygen atoms in total. The van der Waals surface area contributed by atoms with E-state index in [1.165, 1.54) is 5.56 Å². The predicted octanol–water partition coefficient (Wildman–Crippen LogP) is 2.42. The zero-order valence-electron chi connectivity index (χ0n) is 6.32. The number of rotatable bonds is 0. The van der Waals surface area contributed by atoms with Crippen molar-refractivity contribution < 1.29 is 9.15 Å². The molecule has 3 heteroatoms. The summed E-state index contributed by atoms with van der Waals surface area (Å²) in [5.74, 6) is 2.04. The molecule has 0 unspecified atom stereocenters. The molecule has 0 amide bonds. The van der Waals surface area contributed by atoms with Crippen LogP contribution in [0.4, 0.5) is 0 Å². The third-order valence-electron chi connectivity index (χ3n) is 1.91. The van der Waals surface area contributed by atoms with E-state index in [2.05, 4.69) is 15.9 Å². The molecule has 0 saturated carbocycles. The summed E-state index contributed by atoms with van der Waals surface area (Å²) in [7, 11) is 0. The van der Waals surface area contributed by atoms with Gasteiger partial charge in [-0.25, -0.2) is 0 Å². The number of furan rings is 1. The number of hydrogen-bond donors (Lipinski definition) is 0. The van der Waals surface area contributed by atoms with Gasteiger partial charge in [0, 0.05) is 12.0 Å². The van der Waals surface area contributed by atoms with Gasteiger partial charge in [0.1, 0.15) is 11.5 Å². The zero-order chi connectivity index (χ0) is 7.84. The Hall–Kier alpha value is -0.280. The molecular weight excluding hydrogens is 208 g/mol. The third-order valence-corrected chi connectivity index (χ3v) is 2.94. The highest BCUT2D eigenvalue weighted by molar-refractivity contribution is 9.10. The van der Waals surface area contributed by atoms with Crippen molar-refractivity contribution in [2.75, 3.05) is 6.61 Å². The van der Waals surface area contributed by atoms with Crippen LogP contribution < -0.4 is 0 Å². The molecule has 2 heterocycles. The summed E-state index contributed by atoms with van der Waals surface area (Å²) in [5, 5.41) is 0. The van der Waals surface area contributed by atoms with Crippen molar-refractivity contribution in [3.63, 3.8) is 0 Å². The van der Waals surface area contributed by atoms with Gasteiger partial charge in [-0.05, 0) is 22.9 Å². The summed E-state index contributed by atoms with van der Waals surface area (Å²) in [4.78, 5) is 0. The second-order valence-electron chi connectivity index (χ2n) is 2.68. The average Bonchev–Trinajstić information content (AvgIpc) is 2.30. The average molecular weight is 217 g/mol. The third kappa shape index (κ3) is 1.12. The van der Waals surface area contributed by atoms with Crippen molar-refractivity contribution >= 4 is 15.9 Å². The van der Waals surface area contributed by atoms with Crippen molar-refractivity contribution in [3.8, 4) is 0 Å². The Kier molecular flexibility index (Phi) is 1.77. The second kappa shape index (κ2) is 2.64. The fraction of sp³-hybridized carbons (Fsp3) is 0.500. The summed E-state index contributed by atoms with van der Waals surface area (Å²) >= 11 is 3.46. The normalized spacial score (nSPS) is 16.5. The van der Waals surface area contributed by atoms with Gasteiger partial charge in [-0.3, -0.25) is 0 Å². The van der Waals surface area contributed by atoms with Gasteiger partial charge < -0.3 is 9.15 Å². The molecule has 0 atom stereocenters. The molecule has 0 fully saturated rings. The minimum absolute atomic E-state index is 0.688. The number of fused-ring (bicyclic) bond motifs is 1. The van der Waals surface area contributed by atoms with Gasteiger partial charge in [-0.1, -0.05) is 0 Å². The predicted molar refractivity (Wildman–Crippen MR) is 44.5 cm³/mol. The first-order chi connectivity index (χ1) is 5.29. The molecular formula is C8H9BrO2. The van der Waals surface area contributed by atoms with E-state index in [0.717, 1.165) is 29.0 Å². The van der Waals surface area contributed by atoms with E-state index >= 15 is 0 Å². The van der Waals surface area contributed by atoms with Crippen LogP contribution in [0.15, 0.2) is 8.89 Å². The zero-order valence-corrected chi connectivity index (χ0v) is 7.90. The first kappa shape index (κ1) is 7.37. The maximum absolute atomic E-state index is 5.51. The lowest BCUT2D eigenvalue weighted by molar-refractivity contribution is 0.103. The Morgan fingerprint density at radius 2 is 2.27 bits per heavy atom. The molecule has 2 rings (SSSR count). The molecule has 0 saturated heterocycles. The van der Waals surface area contributed by atoms with E-state index in [-0.39, 0.29) is 0 Å². The highest BCUT2D eigenvalue weighted by Crippen LogP contribution is 2.30. The van der Waals surface area contributed by atoms with Gasteiger partial charge in [0.05, 0.1) is 17.7 Å². The Labute approximate surface area is 73.7 Å². The van der Waals surface area contributed by atoms with Crippen LogP contribution in [0.5, 0.6) is 0 Å². The quantitative estimate of drug-likeness (QED) is 0.665. The highest BCUT2D eigenvalue weighted by Gasteiger charge is 2.18. The first-order valence-electron chi connectivity index (χ1n) is 3.63. The Balaban J connectivity index is 2.50. The number of ether oxygens (including phenoxy) is 1. The lowest BCUT2D eigenvalue weighted by Gasteiger charge is -2.09. The molecule has 1 aliphatic rings. The highest BCUT2D eigenvalue weighted by atomic mass is 79.9. The fourth-order valence-corrected chi connectivity index (χ4v) is 1.73. The largest absolute Gasteiger partial charge is 0.465 e. The fourth-order valence-electron chi connectivity index (χ4n) is 1.31. The maximum atomic E-state index is 5.51. The Morgan fingerprint density at radius 3 is 3.00 bits per heavy atom. The summed E-state index contributed by atoms with van der Waals surface area (Å²) < 4.78 is 11.9. The van der Waals surface area contributed by atoms with Crippen molar-refractivity contribution in [1.29, 1.82) is 0 Å². The molecule has 11 heavy (non-hydrogen) atoms. The molecule has 1 aromatic heterocycles. The van der Waals surface area contributed by atoms with Crippen LogP contribution >= 0.6 is 15.9 Å². The van der Waals surface area contributed by atoms with Gasteiger partial charge in [-0.2, -0.15) is 0 Å². The molecule has 0 spiro atoms. The van der Waals surface area contributed by atoms with E-state index in [0.29, 0.717) is 6.61 Å². The number of hydrogen-bond acceptors (Lipinski definition) is 2. The van der Waals surface area contributed by atoms with Crippen LogP contribution in [-0.4, -0.2) is 6.61 Å². The molecule has 1 aliphatic heterocycles. The van der Waals surface area contributed by atoms with Crippen molar-refractivity contribution in [2.45, 2.75) is 20.0 Å². The van der Waals surface area contributed by atoms with Crippen molar-refractivity contribution in [2.24, 2.45) is 0 Å². The monoisotopic (exact) mass is 216 g/mol. The molecule has 0 radical (unpaired) electrons. The van der Waals surface area contributed by atoms with Crippen LogP contribution in [0.3, 0.4) is 0 Å². The molecule has 0 N–H and O–H groups in total. The lowest BCUT2D eigenvalue weighted by atomic mass is 10.2. The smallest absolute Gasteiger partial charge is 0.115 e. The first-order valence-corrected chi connectivity index (χ1v) is 4.42. The molecule has 1 aromatic rings. The van der Waals surface area contributed by atoms with E-state index in [4.69, 9.17) is 9.15 Å². The molecule has 0 aromatic carbocycles. The van der Waals surface area contributed by atoms with Gasteiger partial charge in [0.15, 0.2) is 0 Å². The van der Waals surface area contributed by atoms with E-state index < -0.39 is 0 Å². The summed E-state index contributed by atoms with van der Waals surface area (Å²) in [6.45, 7) is 3.43. The van der Waals surface area contributed by atoms with Crippen LogP contribution in [0, 0.1) is 6.92 Å². The Bertz CT molecular complexity index is 278. The minimum atomic E-state index is 0.688. The van der Waals surface area contributed by atoms with Crippen LogP contribution in [0.1, 0.15) is 17.1 Å². The maximum Gasteiger partial charge on any atom is 0.115 e. The van der Waals surface area contributed by atoms with Gasteiger partial charge in [0.25, 0.3) is 0 Å². The standard InChI is InChI=1S/C8H9BrO2/c1-5-8(9)6-4-10-3-2-7(6)11-5/h2-4H2,1H3.